The molecular weight excluding hydrogens is 309 g/mol. The molecule has 0 aliphatic carbocycles. The van der Waals surface area contributed by atoms with Crippen molar-refractivity contribution < 1.29 is 21.6 Å². The van der Waals surface area contributed by atoms with E-state index in [1.54, 1.807) is 6.92 Å². The van der Waals surface area contributed by atoms with E-state index in [1.807, 2.05) is 0 Å². The first-order valence-electron chi connectivity index (χ1n) is 6.48. The van der Waals surface area contributed by atoms with E-state index >= 15 is 0 Å². The number of piperidine rings is 1. The molecule has 1 aromatic rings. The number of sulfonamides is 1. The van der Waals surface area contributed by atoms with E-state index in [9.17, 15) is 21.6 Å². The number of alkyl halides is 3. The molecule has 1 aromatic heterocycles. The standard InChI is InChI=1S/C11H17F3N4O2S/c1-7-9(5-15)10(17-16-7)21(19,20)18-4-2-3-8(6-18)11(12,13)14/h8H,2-6,15H2,1H3,(H,16,17). The summed E-state index contributed by atoms with van der Waals surface area (Å²) >= 11 is 0. The maximum atomic E-state index is 12.8. The van der Waals surface area contributed by atoms with E-state index < -0.39 is 28.7 Å². The molecule has 3 N–H and O–H groups in total. The molecule has 0 amide bonds. The van der Waals surface area contributed by atoms with Crippen molar-refractivity contribution in [2.45, 2.75) is 37.5 Å². The van der Waals surface area contributed by atoms with Crippen LogP contribution in [0.2, 0.25) is 0 Å². The topological polar surface area (TPSA) is 92.1 Å². The van der Waals surface area contributed by atoms with Crippen LogP contribution in [0.3, 0.4) is 0 Å². The highest BCUT2D eigenvalue weighted by Crippen LogP contribution is 2.35. The minimum absolute atomic E-state index is 0.0482. The molecule has 0 aromatic carbocycles. The van der Waals surface area contributed by atoms with Crippen LogP contribution < -0.4 is 5.73 Å². The summed E-state index contributed by atoms with van der Waals surface area (Å²) in [6.07, 6.45) is -4.28. The van der Waals surface area contributed by atoms with Crippen molar-refractivity contribution in [1.29, 1.82) is 0 Å². The lowest BCUT2D eigenvalue weighted by molar-refractivity contribution is -0.182. The number of nitrogens with zero attached hydrogens (tertiary/aromatic N) is 2. The number of hydrogen-bond acceptors (Lipinski definition) is 4. The van der Waals surface area contributed by atoms with Gasteiger partial charge in [0.2, 0.25) is 0 Å². The SMILES string of the molecule is Cc1[nH]nc(S(=O)(=O)N2CCCC(C(F)(F)F)C2)c1CN. The molecule has 0 spiro atoms. The first-order valence-corrected chi connectivity index (χ1v) is 7.92. The van der Waals surface area contributed by atoms with Gasteiger partial charge in [-0.3, -0.25) is 5.10 Å². The zero-order chi connectivity index (χ0) is 15.8. The predicted molar refractivity (Wildman–Crippen MR) is 68.8 cm³/mol. The fraction of sp³-hybridized carbons (Fsp3) is 0.727. The van der Waals surface area contributed by atoms with E-state index in [4.69, 9.17) is 5.73 Å². The van der Waals surface area contributed by atoms with Gasteiger partial charge < -0.3 is 5.73 Å². The van der Waals surface area contributed by atoms with Crippen LogP contribution in [0.1, 0.15) is 24.1 Å². The van der Waals surface area contributed by atoms with Gasteiger partial charge in [-0.25, -0.2) is 8.42 Å². The molecule has 0 bridgehead atoms. The van der Waals surface area contributed by atoms with Crippen LogP contribution in [0, 0.1) is 12.8 Å². The smallest absolute Gasteiger partial charge is 0.326 e. The van der Waals surface area contributed by atoms with Crippen molar-refractivity contribution in [2.75, 3.05) is 13.1 Å². The average molecular weight is 326 g/mol. The van der Waals surface area contributed by atoms with Crippen LogP contribution >= 0.6 is 0 Å². The Labute approximate surface area is 120 Å². The maximum absolute atomic E-state index is 12.8. The Bertz CT molecular complexity index is 611. The van der Waals surface area contributed by atoms with E-state index in [-0.39, 0.29) is 31.0 Å². The zero-order valence-corrected chi connectivity index (χ0v) is 12.3. The first-order chi connectivity index (χ1) is 9.67. The number of aromatic nitrogens is 2. The average Bonchev–Trinajstić information content (AvgIpc) is 2.79. The van der Waals surface area contributed by atoms with Gasteiger partial charge >= 0.3 is 6.18 Å². The lowest BCUT2D eigenvalue weighted by Gasteiger charge is -2.32. The number of H-pyrrole nitrogens is 1. The fourth-order valence-electron chi connectivity index (χ4n) is 2.43. The number of rotatable bonds is 3. The lowest BCUT2D eigenvalue weighted by atomic mass is 9.99. The molecule has 1 atom stereocenters. The Morgan fingerprint density at radius 3 is 2.71 bits per heavy atom. The van der Waals surface area contributed by atoms with Gasteiger partial charge in [-0.05, 0) is 19.8 Å². The maximum Gasteiger partial charge on any atom is 0.393 e. The van der Waals surface area contributed by atoms with Crippen LogP contribution in [0.4, 0.5) is 13.2 Å². The lowest BCUT2D eigenvalue weighted by Crippen LogP contribution is -2.44. The van der Waals surface area contributed by atoms with Crippen molar-refractivity contribution in [3.8, 4) is 0 Å². The summed E-state index contributed by atoms with van der Waals surface area (Å²) in [5.74, 6) is -1.64. The third-order valence-corrected chi connectivity index (χ3v) is 5.51. The Morgan fingerprint density at radius 2 is 2.14 bits per heavy atom. The number of aryl methyl sites for hydroxylation is 1. The van der Waals surface area contributed by atoms with E-state index in [0.717, 1.165) is 4.31 Å². The highest BCUT2D eigenvalue weighted by molar-refractivity contribution is 7.89. The summed E-state index contributed by atoms with van der Waals surface area (Å²) in [6.45, 7) is 1.06. The molecule has 21 heavy (non-hydrogen) atoms. The Balaban J connectivity index is 2.31. The number of nitrogens with one attached hydrogen (secondary N) is 1. The molecule has 2 rings (SSSR count). The quantitative estimate of drug-likeness (QED) is 0.871. The van der Waals surface area contributed by atoms with Crippen molar-refractivity contribution in [2.24, 2.45) is 11.7 Å². The van der Waals surface area contributed by atoms with Crippen LogP contribution in [-0.2, 0) is 16.6 Å². The summed E-state index contributed by atoms with van der Waals surface area (Å²) in [4.78, 5) is 0. The van der Waals surface area contributed by atoms with Gasteiger partial charge in [0.25, 0.3) is 10.0 Å². The Morgan fingerprint density at radius 1 is 1.48 bits per heavy atom. The van der Waals surface area contributed by atoms with E-state index in [0.29, 0.717) is 11.3 Å². The van der Waals surface area contributed by atoms with E-state index in [2.05, 4.69) is 10.2 Å². The molecule has 120 valence electrons. The molecule has 6 nitrogen and oxygen atoms in total. The van der Waals surface area contributed by atoms with Crippen molar-refractivity contribution in [3.63, 3.8) is 0 Å². The normalized spacial score (nSPS) is 21.7. The van der Waals surface area contributed by atoms with Gasteiger partial charge in [-0.15, -0.1) is 0 Å². The monoisotopic (exact) mass is 326 g/mol. The molecule has 0 saturated carbocycles. The largest absolute Gasteiger partial charge is 0.393 e. The van der Waals surface area contributed by atoms with Crippen molar-refractivity contribution >= 4 is 10.0 Å². The molecule has 1 fully saturated rings. The number of hydrogen-bond donors (Lipinski definition) is 2. The summed E-state index contributed by atoms with van der Waals surface area (Å²) in [5.41, 5.74) is 6.31. The van der Waals surface area contributed by atoms with Gasteiger partial charge in [-0.2, -0.15) is 22.6 Å². The molecule has 1 aliphatic heterocycles. The highest BCUT2D eigenvalue weighted by Gasteiger charge is 2.45. The highest BCUT2D eigenvalue weighted by atomic mass is 32.2. The summed E-state index contributed by atoms with van der Waals surface area (Å²) in [7, 11) is -4.07. The Hall–Kier alpha value is -1.13. The van der Waals surface area contributed by atoms with Crippen molar-refractivity contribution in [1.82, 2.24) is 14.5 Å². The van der Waals surface area contributed by atoms with Gasteiger partial charge in [-0.1, -0.05) is 0 Å². The first kappa shape index (κ1) is 16.2. The molecule has 0 radical (unpaired) electrons. The van der Waals surface area contributed by atoms with Crippen LogP contribution in [-0.4, -0.2) is 42.2 Å². The zero-order valence-electron chi connectivity index (χ0n) is 11.4. The van der Waals surface area contributed by atoms with Crippen LogP contribution in [0.15, 0.2) is 5.03 Å². The molecule has 1 saturated heterocycles. The van der Waals surface area contributed by atoms with Crippen molar-refractivity contribution in [3.05, 3.63) is 11.3 Å². The molecular formula is C11H17F3N4O2S. The third kappa shape index (κ3) is 3.06. The number of aromatic amines is 1. The molecule has 2 heterocycles. The summed E-state index contributed by atoms with van der Waals surface area (Å²) in [5, 5.41) is 5.95. The number of halogens is 3. The van der Waals surface area contributed by atoms with Gasteiger partial charge in [0.05, 0.1) is 5.92 Å². The van der Waals surface area contributed by atoms with Gasteiger partial charge in [0.1, 0.15) is 0 Å². The minimum Gasteiger partial charge on any atom is -0.326 e. The second-order valence-corrected chi connectivity index (χ2v) is 6.93. The number of nitrogens with two attached hydrogens (primary N) is 1. The van der Waals surface area contributed by atoms with Crippen LogP contribution in [0.25, 0.3) is 0 Å². The van der Waals surface area contributed by atoms with Crippen LogP contribution in [0.5, 0.6) is 0 Å². The summed E-state index contributed by atoms with van der Waals surface area (Å²) < 4.78 is 64.2. The van der Waals surface area contributed by atoms with E-state index in [1.165, 1.54) is 0 Å². The second-order valence-electron chi connectivity index (χ2n) is 5.08. The summed E-state index contributed by atoms with van der Waals surface area (Å²) in [6, 6.07) is 0. The van der Waals surface area contributed by atoms with Gasteiger partial charge in [0.15, 0.2) is 5.03 Å². The predicted octanol–water partition coefficient (Wildman–Crippen LogP) is 1.14. The minimum atomic E-state index is -4.40. The second kappa shape index (κ2) is 5.58. The molecule has 1 unspecified atom stereocenters. The molecule has 10 heteroatoms. The van der Waals surface area contributed by atoms with Gasteiger partial charge in [0, 0.05) is 30.9 Å². The fourth-order valence-corrected chi connectivity index (χ4v) is 4.13. The molecule has 1 aliphatic rings. The third-order valence-electron chi connectivity index (χ3n) is 3.67. The Kier molecular flexibility index (Phi) is 4.31.